The Morgan fingerprint density at radius 3 is 2.52 bits per heavy atom. The van der Waals surface area contributed by atoms with Gasteiger partial charge < -0.3 is 4.74 Å². The first kappa shape index (κ1) is 20.8. The fourth-order valence-electron chi connectivity index (χ4n) is 2.21. The molecule has 1 heterocycles. The maximum absolute atomic E-state index is 12.1. The van der Waals surface area contributed by atoms with Crippen LogP contribution in [0.4, 0.5) is 0 Å². The normalized spacial score (nSPS) is 11.4. The first-order chi connectivity index (χ1) is 12.9. The van der Waals surface area contributed by atoms with Crippen LogP contribution < -0.4 is 0 Å². The van der Waals surface area contributed by atoms with Crippen LogP contribution in [0.3, 0.4) is 0 Å². The lowest BCUT2D eigenvalue weighted by Crippen LogP contribution is -2.20. The van der Waals surface area contributed by atoms with E-state index in [1.54, 1.807) is 36.2 Å². The van der Waals surface area contributed by atoms with Gasteiger partial charge in [0.2, 0.25) is 0 Å². The van der Waals surface area contributed by atoms with E-state index in [4.69, 9.17) is 4.74 Å². The molecule has 0 fully saturated rings. The highest BCUT2D eigenvalue weighted by Crippen LogP contribution is 2.21. The Kier molecular flexibility index (Phi) is 7.70. The zero-order chi connectivity index (χ0) is 19.8. The van der Waals surface area contributed by atoms with Crippen LogP contribution >= 0.6 is 23.1 Å². The molecular weight excluding hydrogens is 384 g/mol. The highest BCUT2D eigenvalue weighted by molar-refractivity contribution is 7.98. The van der Waals surface area contributed by atoms with Crippen molar-refractivity contribution in [2.45, 2.75) is 30.6 Å². The number of Topliss-reactive ketones (excluding diaryl/α,β-unsaturated/α-hetero) is 2. The number of carbonyl (C=O) groups excluding carboxylic acids is 3. The van der Waals surface area contributed by atoms with Crippen LogP contribution in [0.2, 0.25) is 0 Å². The highest BCUT2D eigenvalue weighted by atomic mass is 32.2. The number of hydrogen-bond donors (Lipinski definition) is 0. The quantitative estimate of drug-likeness (QED) is 0.359. The minimum Gasteiger partial charge on any atom is -0.458 e. The van der Waals surface area contributed by atoms with Crippen LogP contribution in [0.5, 0.6) is 0 Å². The van der Waals surface area contributed by atoms with Gasteiger partial charge in [0.05, 0.1) is 12.5 Å². The summed E-state index contributed by atoms with van der Waals surface area (Å²) in [5.74, 6) is -2.39. The molecule has 1 aromatic heterocycles. The van der Waals surface area contributed by atoms with Crippen LogP contribution in [0.1, 0.15) is 39.8 Å². The average molecular weight is 402 g/mol. The van der Waals surface area contributed by atoms with E-state index in [2.05, 4.69) is 4.98 Å². The SMILES string of the molecule is CSc1ccc(C(=O)CCC(=O)OCC(=O)[C@@H](C#N)c2nc(C)cs2)cc1. The van der Waals surface area contributed by atoms with Crippen LogP contribution in [0.15, 0.2) is 34.5 Å². The summed E-state index contributed by atoms with van der Waals surface area (Å²) >= 11 is 2.79. The molecule has 1 atom stereocenters. The van der Waals surface area contributed by atoms with Gasteiger partial charge in [0.25, 0.3) is 0 Å². The third-order valence-corrected chi connectivity index (χ3v) is 5.45. The molecule has 8 heteroatoms. The van der Waals surface area contributed by atoms with E-state index in [1.165, 1.54) is 11.3 Å². The summed E-state index contributed by atoms with van der Waals surface area (Å²) in [7, 11) is 0. The van der Waals surface area contributed by atoms with Gasteiger partial charge in [0.1, 0.15) is 5.01 Å². The molecule has 0 N–H and O–H groups in total. The maximum atomic E-state index is 12.1. The molecule has 1 aromatic carbocycles. The van der Waals surface area contributed by atoms with Crippen LogP contribution in [0.25, 0.3) is 0 Å². The van der Waals surface area contributed by atoms with Crippen molar-refractivity contribution in [3.8, 4) is 6.07 Å². The second-order valence-electron chi connectivity index (χ2n) is 5.67. The number of thioether (sulfide) groups is 1. The fraction of sp³-hybridized carbons (Fsp3) is 0.316. The molecular formula is C19H18N2O4S2. The largest absolute Gasteiger partial charge is 0.458 e. The molecule has 27 heavy (non-hydrogen) atoms. The first-order valence-electron chi connectivity index (χ1n) is 8.11. The predicted molar refractivity (Wildman–Crippen MR) is 103 cm³/mol. The topological polar surface area (TPSA) is 97.1 Å². The summed E-state index contributed by atoms with van der Waals surface area (Å²) in [6, 6.07) is 9.01. The number of ketones is 2. The number of nitrogens with zero attached hydrogens (tertiary/aromatic N) is 2. The smallest absolute Gasteiger partial charge is 0.306 e. The number of esters is 1. The molecule has 0 unspecified atom stereocenters. The number of carbonyl (C=O) groups is 3. The summed E-state index contributed by atoms with van der Waals surface area (Å²) in [4.78, 5) is 41.2. The summed E-state index contributed by atoms with van der Waals surface area (Å²) in [5.41, 5.74) is 1.25. The zero-order valence-electron chi connectivity index (χ0n) is 14.9. The second-order valence-corrected chi connectivity index (χ2v) is 7.44. The lowest BCUT2D eigenvalue weighted by molar-refractivity contribution is -0.148. The molecule has 0 bridgehead atoms. The third kappa shape index (κ3) is 6.01. The lowest BCUT2D eigenvalue weighted by Gasteiger charge is -2.07. The number of aromatic nitrogens is 1. The number of rotatable bonds is 9. The average Bonchev–Trinajstić information content (AvgIpc) is 3.11. The highest BCUT2D eigenvalue weighted by Gasteiger charge is 2.24. The predicted octanol–water partition coefficient (Wildman–Crippen LogP) is 3.56. The Hall–Kier alpha value is -2.50. The van der Waals surface area contributed by atoms with E-state index in [-0.39, 0.29) is 18.6 Å². The monoisotopic (exact) mass is 402 g/mol. The molecule has 0 aliphatic rings. The minimum atomic E-state index is -1.05. The first-order valence-corrected chi connectivity index (χ1v) is 10.2. The number of hydrogen-bond acceptors (Lipinski definition) is 8. The molecule has 0 aliphatic carbocycles. The van der Waals surface area contributed by atoms with E-state index in [1.807, 2.05) is 24.5 Å². The van der Waals surface area contributed by atoms with Gasteiger partial charge in [-0.05, 0) is 25.3 Å². The van der Waals surface area contributed by atoms with E-state index < -0.39 is 24.3 Å². The van der Waals surface area contributed by atoms with Crippen molar-refractivity contribution in [3.05, 3.63) is 45.9 Å². The van der Waals surface area contributed by atoms with Crippen molar-refractivity contribution in [1.29, 1.82) is 5.26 Å². The summed E-state index contributed by atoms with van der Waals surface area (Å²) in [6.45, 7) is 1.26. The summed E-state index contributed by atoms with van der Waals surface area (Å²) < 4.78 is 4.92. The molecule has 0 spiro atoms. The van der Waals surface area contributed by atoms with E-state index >= 15 is 0 Å². The molecule has 0 saturated heterocycles. The van der Waals surface area contributed by atoms with Crippen molar-refractivity contribution < 1.29 is 19.1 Å². The summed E-state index contributed by atoms with van der Waals surface area (Å²) in [6.07, 6.45) is 1.82. The molecule has 2 rings (SSSR count). The molecule has 0 saturated carbocycles. The maximum Gasteiger partial charge on any atom is 0.306 e. The van der Waals surface area contributed by atoms with Crippen LogP contribution in [-0.4, -0.2) is 35.4 Å². The lowest BCUT2D eigenvalue weighted by atomic mass is 10.1. The van der Waals surface area contributed by atoms with E-state index in [0.717, 1.165) is 10.6 Å². The third-order valence-electron chi connectivity index (χ3n) is 3.68. The number of nitriles is 1. The van der Waals surface area contributed by atoms with E-state index in [0.29, 0.717) is 10.6 Å². The molecule has 6 nitrogen and oxygen atoms in total. The van der Waals surface area contributed by atoms with Crippen molar-refractivity contribution in [1.82, 2.24) is 4.98 Å². The van der Waals surface area contributed by atoms with Gasteiger partial charge in [0.15, 0.2) is 24.1 Å². The van der Waals surface area contributed by atoms with Gasteiger partial charge in [-0.3, -0.25) is 14.4 Å². The molecule has 0 radical (unpaired) electrons. The Morgan fingerprint density at radius 2 is 1.96 bits per heavy atom. The Balaban J connectivity index is 1.80. The molecule has 2 aromatic rings. The fourth-order valence-corrected chi connectivity index (χ4v) is 3.48. The number of aryl methyl sites for hydroxylation is 1. The Labute approximate surface area is 165 Å². The van der Waals surface area contributed by atoms with Gasteiger partial charge in [0, 0.05) is 28.0 Å². The van der Waals surface area contributed by atoms with E-state index in [9.17, 15) is 19.6 Å². The van der Waals surface area contributed by atoms with Gasteiger partial charge >= 0.3 is 5.97 Å². The van der Waals surface area contributed by atoms with Gasteiger partial charge in [-0.1, -0.05) is 12.1 Å². The summed E-state index contributed by atoms with van der Waals surface area (Å²) in [5, 5.41) is 11.3. The van der Waals surface area contributed by atoms with Crippen molar-refractivity contribution >= 4 is 40.6 Å². The van der Waals surface area contributed by atoms with Gasteiger partial charge in [-0.2, -0.15) is 5.26 Å². The minimum absolute atomic E-state index is 0.00100. The van der Waals surface area contributed by atoms with Gasteiger partial charge in [-0.15, -0.1) is 23.1 Å². The van der Waals surface area contributed by atoms with Crippen molar-refractivity contribution in [3.63, 3.8) is 0 Å². The molecule has 0 amide bonds. The van der Waals surface area contributed by atoms with Crippen LogP contribution in [-0.2, 0) is 14.3 Å². The standard InChI is InChI=1S/C19H18N2O4S2/c1-12-11-27-19(21-12)15(9-20)17(23)10-25-18(24)8-7-16(22)13-3-5-14(26-2)6-4-13/h3-6,11,15H,7-8,10H2,1-2H3/t15-/m1/s1. The Bertz CT molecular complexity index is 869. The second kappa shape index (κ2) is 10.00. The van der Waals surface area contributed by atoms with Crippen molar-refractivity contribution in [2.24, 2.45) is 0 Å². The Morgan fingerprint density at radius 1 is 1.26 bits per heavy atom. The van der Waals surface area contributed by atoms with Crippen molar-refractivity contribution in [2.75, 3.05) is 12.9 Å². The molecule has 140 valence electrons. The zero-order valence-corrected chi connectivity index (χ0v) is 16.6. The van der Waals surface area contributed by atoms with Crippen LogP contribution in [0, 0.1) is 18.3 Å². The molecule has 0 aliphatic heterocycles. The number of ether oxygens (including phenoxy) is 1. The number of benzene rings is 1. The van der Waals surface area contributed by atoms with Gasteiger partial charge in [-0.25, -0.2) is 4.98 Å². The number of thiazole rings is 1.